The fraction of sp³-hybridized carbons (Fsp3) is 0.545. The fourth-order valence-electron chi connectivity index (χ4n) is 4.49. The first-order valence-corrected chi connectivity index (χ1v) is 12.3. The van der Waals surface area contributed by atoms with Crippen LogP contribution < -0.4 is 0 Å². The number of benzene rings is 1. The van der Waals surface area contributed by atoms with Crippen LogP contribution >= 0.6 is 0 Å². The van der Waals surface area contributed by atoms with Crippen molar-refractivity contribution in [2.24, 2.45) is 0 Å². The number of amides is 1. The Hall–Kier alpha value is -2.23. The summed E-state index contributed by atoms with van der Waals surface area (Å²) in [7, 11) is -3.70. The van der Waals surface area contributed by atoms with Gasteiger partial charge >= 0.3 is 0 Å². The summed E-state index contributed by atoms with van der Waals surface area (Å²) < 4.78 is 32.7. The minimum atomic E-state index is -3.70. The molecule has 2 aliphatic rings. The van der Waals surface area contributed by atoms with Gasteiger partial charge in [-0.1, -0.05) is 17.3 Å². The second-order valence-electron chi connectivity index (χ2n) is 8.39. The largest absolute Gasteiger partial charge is 0.360 e. The summed E-state index contributed by atoms with van der Waals surface area (Å²) >= 11 is 0. The third-order valence-corrected chi connectivity index (χ3v) is 8.23. The van der Waals surface area contributed by atoms with Crippen molar-refractivity contribution in [1.82, 2.24) is 19.3 Å². The van der Waals surface area contributed by atoms with Gasteiger partial charge in [0, 0.05) is 38.3 Å². The van der Waals surface area contributed by atoms with Crippen LogP contribution in [0.25, 0.3) is 0 Å². The van der Waals surface area contributed by atoms with Gasteiger partial charge in [0.1, 0.15) is 10.6 Å². The van der Waals surface area contributed by atoms with Crippen molar-refractivity contribution in [2.75, 3.05) is 39.3 Å². The SMILES string of the molecule is Cc1noc(C)c1S(=O)(=O)N1CCCN(C(=O)c2cccc(CN3CCCC3)c2)CC1. The number of rotatable bonds is 5. The predicted octanol–water partition coefficient (Wildman–Crippen LogP) is 2.42. The van der Waals surface area contributed by atoms with E-state index < -0.39 is 10.0 Å². The van der Waals surface area contributed by atoms with Crippen LogP contribution in [0.3, 0.4) is 0 Å². The average molecular weight is 447 g/mol. The molecule has 2 fully saturated rings. The molecule has 0 aliphatic carbocycles. The Kier molecular flexibility index (Phi) is 6.45. The normalized spacial score (nSPS) is 19.0. The van der Waals surface area contributed by atoms with Gasteiger partial charge in [0.2, 0.25) is 10.0 Å². The van der Waals surface area contributed by atoms with E-state index >= 15 is 0 Å². The van der Waals surface area contributed by atoms with Crippen molar-refractivity contribution in [3.8, 4) is 0 Å². The zero-order valence-electron chi connectivity index (χ0n) is 18.2. The summed E-state index contributed by atoms with van der Waals surface area (Å²) in [6.45, 7) is 7.84. The van der Waals surface area contributed by atoms with Crippen molar-refractivity contribution < 1.29 is 17.7 Å². The van der Waals surface area contributed by atoms with Gasteiger partial charge in [-0.2, -0.15) is 4.31 Å². The molecule has 9 heteroatoms. The lowest BCUT2D eigenvalue weighted by Crippen LogP contribution is -2.37. The number of carbonyl (C=O) groups is 1. The summed E-state index contributed by atoms with van der Waals surface area (Å²) in [4.78, 5) is 17.5. The molecule has 168 valence electrons. The average Bonchev–Trinajstić information content (AvgIpc) is 3.29. The molecular weight excluding hydrogens is 416 g/mol. The summed E-state index contributed by atoms with van der Waals surface area (Å²) in [5.41, 5.74) is 2.17. The molecular formula is C22H30N4O4S. The molecule has 0 spiro atoms. The number of likely N-dealkylation sites (tertiary alicyclic amines) is 1. The Labute approximate surface area is 183 Å². The molecule has 8 nitrogen and oxygen atoms in total. The molecule has 3 heterocycles. The Balaban J connectivity index is 1.44. The highest BCUT2D eigenvalue weighted by Crippen LogP contribution is 2.24. The maximum absolute atomic E-state index is 13.2. The van der Waals surface area contributed by atoms with E-state index in [0.29, 0.717) is 43.1 Å². The van der Waals surface area contributed by atoms with E-state index in [9.17, 15) is 13.2 Å². The zero-order valence-corrected chi connectivity index (χ0v) is 19.0. The number of hydrogen-bond acceptors (Lipinski definition) is 6. The number of sulfonamides is 1. The summed E-state index contributed by atoms with van der Waals surface area (Å²) in [6.07, 6.45) is 3.06. The molecule has 1 aromatic heterocycles. The van der Waals surface area contributed by atoms with Crippen LogP contribution in [0.5, 0.6) is 0 Å². The fourth-order valence-corrected chi connectivity index (χ4v) is 6.25. The van der Waals surface area contributed by atoms with Crippen LogP contribution in [0.4, 0.5) is 0 Å². The Morgan fingerprint density at radius 1 is 1.03 bits per heavy atom. The smallest absolute Gasteiger partial charge is 0.253 e. The lowest BCUT2D eigenvalue weighted by atomic mass is 10.1. The van der Waals surface area contributed by atoms with Crippen molar-refractivity contribution in [3.05, 3.63) is 46.8 Å². The maximum Gasteiger partial charge on any atom is 0.253 e. The quantitative estimate of drug-likeness (QED) is 0.701. The number of carbonyl (C=O) groups excluding carboxylic acids is 1. The number of aromatic nitrogens is 1. The van der Waals surface area contributed by atoms with E-state index in [2.05, 4.69) is 16.1 Å². The van der Waals surface area contributed by atoms with Crippen LogP contribution in [0.1, 0.15) is 46.6 Å². The lowest BCUT2D eigenvalue weighted by molar-refractivity contribution is 0.0764. The Morgan fingerprint density at radius 3 is 2.52 bits per heavy atom. The van der Waals surface area contributed by atoms with Crippen molar-refractivity contribution in [1.29, 1.82) is 0 Å². The first kappa shape index (κ1) is 22.0. The summed E-state index contributed by atoms with van der Waals surface area (Å²) in [5, 5.41) is 3.78. The molecule has 0 saturated carbocycles. The summed E-state index contributed by atoms with van der Waals surface area (Å²) in [5.74, 6) is 0.254. The van der Waals surface area contributed by atoms with Gasteiger partial charge in [-0.05, 0) is 63.9 Å². The van der Waals surface area contributed by atoms with Gasteiger partial charge < -0.3 is 9.42 Å². The minimum Gasteiger partial charge on any atom is -0.360 e. The van der Waals surface area contributed by atoms with Gasteiger partial charge in [-0.15, -0.1) is 0 Å². The number of aryl methyl sites for hydroxylation is 2. The number of nitrogens with zero attached hydrogens (tertiary/aromatic N) is 4. The van der Waals surface area contributed by atoms with E-state index in [1.165, 1.54) is 17.1 Å². The van der Waals surface area contributed by atoms with Crippen molar-refractivity contribution in [2.45, 2.75) is 44.6 Å². The highest BCUT2D eigenvalue weighted by atomic mass is 32.2. The van der Waals surface area contributed by atoms with Crippen LogP contribution in [-0.4, -0.2) is 72.9 Å². The van der Waals surface area contributed by atoms with Gasteiger partial charge in [-0.3, -0.25) is 9.69 Å². The molecule has 4 rings (SSSR count). The second kappa shape index (κ2) is 9.10. The van der Waals surface area contributed by atoms with Crippen molar-refractivity contribution in [3.63, 3.8) is 0 Å². The van der Waals surface area contributed by atoms with Crippen molar-refractivity contribution >= 4 is 15.9 Å². The molecule has 0 bridgehead atoms. The number of hydrogen-bond donors (Lipinski definition) is 0. The molecule has 1 amide bonds. The minimum absolute atomic E-state index is 0.0418. The molecule has 0 atom stereocenters. The molecule has 2 aliphatic heterocycles. The highest BCUT2D eigenvalue weighted by Gasteiger charge is 2.33. The summed E-state index contributed by atoms with van der Waals surface area (Å²) in [6, 6.07) is 7.82. The van der Waals surface area contributed by atoms with E-state index in [1.54, 1.807) is 18.7 Å². The zero-order chi connectivity index (χ0) is 22.0. The highest BCUT2D eigenvalue weighted by molar-refractivity contribution is 7.89. The second-order valence-corrected chi connectivity index (χ2v) is 10.3. The third kappa shape index (κ3) is 4.68. The Morgan fingerprint density at radius 2 is 1.81 bits per heavy atom. The van der Waals surface area contributed by atoms with Crippen LogP contribution in [0, 0.1) is 13.8 Å². The molecule has 0 N–H and O–H groups in total. The van der Waals surface area contributed by atoms with E-state index in [1.807, 2.05) is 18.2 Å². The van der Waals surface area contributed by atoms with Gasteiger partial charge in [0.15, 0.2) is 5.76 Å². The van der Waals surface area contributed by atoms with E-state index in [0.717, 1.165) is 25.2 Å². The first-order chi connectivity index (χ1) is 14.9. The molecule has 1 aromatic carbocycles. The third-order valence-electron chi connectivity index (χ3n) is 6.09. The molecule has 0 unspecified atom stereocenters. The van der Waals surface area contributed by atoms with Gasteiger partial charge in [0.25, 0.3) is 5.91 Å². The molecule has 31 heavy (non-hydrogen) atoms. The van der Waals surface area contributed by atoms with E-state index in [4.69, 9.17) is 4.52 Å². The monoisotopic (exact) mass is 446 g/mol. The van der Waals surface area contributed by atoms with Crippen LogP contribution in [0.15, 0.2) is 33.7 Å². The first-order valence-electron chi connectivity index (χ1n) is 10.9. The molecule has 0 radical (unpaired) electrons. The molecule has 2 aromatic rings. The molecule has 2 saturated heterocycles. The maximum atomic E-state index is 13.2. The van der Waals surface area contributed by atoms with Crippen LogP contribution in [0.2, 0.25) is 0 Å². The predicted molar refractivity (Wildman–Crippen MR) is 116 cm³/mol. The standard InChI is InChI=1S/C22H30N4O4S/c1-17-21(18(2)30-23-17)31(28,29)26-12-6-11-25(13-14-26)22(27)20-8-5-7-19(15-20)16-24-9-3-4-10-24/h5,7-8,15H,3-4,6,9-14,16H2,1-2H3. The van der Waals surface area contributed by atoms with Gasteiger partial charge in [0.05, 0.1) is 0 Å². The van der Waals surface area contributed by atoms with E-state index in [-0.39, 0.29) is 17.3 Å². The Bertz CT molecular complexity index is 1020. The van der Waals surface area contributed by atoms with Gasteiger partial charge in [-0.25, -0.2) is 8.42 Å². The lowest BCUT2D eigenvalue weighted by Gasteiger charge is -2.22. The van der Waals surface area contributed by atoms with Crippen LogP contribution in [-0.2, 0) is 16.6 Å². The topological polar surface area (TPSA) is 87.0 Å².